The van der Waals surface area contributed by atoms with E-state index in [0.29, 0.717) is 17.4 Å². The average molecular weight is 426 g/mol. The minimum Gasteiger partial charge on any atom is -0.352 e. The van der Waals surface area contributed by atoms with E-state index in [0.717, 1.165) is 55.0 Å². The van der Waals surface area contributed by atoms with E-state index in [1.165, 1.54) is 17.7 Å². The van der Waals surface area contributed by atoms with Gasteiger partial charge in [-0.3, -0.25) is 0 Å². The highest BCUT2D eigenvalue weighted by Crippen LogP contribution is 2.33. The van der Waals surface area contributed by atoms with Gasteiger partial charge in [-0.05, 0) is 72.7 Å². The summed E-state index contributed by atoms with van der Waals surface area (Å²) in [7, 11) is 0. The Morgan fingerprint density at radius 2 is 1.90 bits per heavy atom. The minimum atomic E-state index is -4.35. The van der Waals surface area contributed by atoms with Gasteiger partial charge in [0.1, 0.15) is 11.7 Å². The molecule has 162 valence electrons. The number of aryl methyl sites for hydroxylation is 1. The highest BCUT2D eigenvalue weighted by Gasteiger charge is 2.30. The number of rotatable bonds is 2. The molecule has 0 aliphatic carbocycles. The summed E-state index contributed by atoms with van der Waals surface area (Å²) in [4.78, 5) is 11.5. The molecule has 1 aromatic carbocycles. The summed E-state index contributed by atoms with van der Waals surface area (Å²) in [5, 5.41) is 3.25. The molecule has 4 rings (SSSR count). The molecule has 0 saturated heterocycles. The average Bonchev–Trinajstić information content (AvgIpc) is 2.74. The fourth-order valence-electron chi connectivity index (χ4n) is 4.10. The molecule has 0 fully saturated rings. The Kier molecular flexibility index (Phi) is 5.85. The van der Waals surface area contributed by atoms with E-state index >= 15 is 0 Å². The number of anilines is 2. The number of halogens is 3. The minimum absolute atomic E-state index is 0.331. The van der Waals surface area contributed by atoms with E-state index in [1.54, 1.807) is 6.20 Å². The molecule has 7 heteroatoms. The molecule has 2 aliphatic rings. The van der Waals surface area contributed by atoms with E-state index in [1.807, 2.05) is 18.3 Å². The molecular weight excluding hydrogens is 401 g/mol. The van der Waals surface area contributed by atoms with Crippen LogP contribution in [0, 0.1) is 12.8 Å². The normalized spacial score (nSPS) is 19.5. The zero-order valence-electron chi connectivity index (χ0n) is 17.6. The van der Waals surface area contributed by atoms with Crippen LogP contribution in [0.5, 0.6) is 0 Å². The number of hydrogen-bond donors (Lipinski definition) is 1. The summed E-state index contributed by atoms with van der Waals surface area (Å²) in [6.07, 6.45) is 2.97. The van der Waals surface area contributed by atoms with Crippen LogP contribution >= 0.6 is 0 Å². The molecule has 1 atom stereocenters. The number of alkyl halides is 3. The highest BCUT2D eigenvalue weighted by atomic mass is 19.4. The second kappa shape index (κ2) is 8.57. The van der Waals surface area contributed by atoms with Crippen LogP contribution in [0.2, 0.25) is 0 Å². The SMILES string of the molecule is Cc1cccnc1N1CCC2=C(C1)C(C)CC=CN=C2Nc1ccc(C(F)(F)F)cc1. The van der Waals surface area contributed by atoms with Gasteiger partial charge in [0.25, 0.3) is 0 Å². The van der Waals surface area contributed by atoms with Gasteiger partial charge >= 0.3 is 6.18 Å². The molecule has 1 aromatic heterocycles. The zero-order chi connectivity index (χ0) is 22.0. The first-order valence-corrected chi connectivity index (χ1v) is 10.4. The number of nitrogens with one attached hydrogen (secondary N) is 1. The maximum absolute atomic E-state index is 12.9. The molecule has 0 radical (unpaired) electrons. The van der Waals surface area contributed by atoms with Crippen molar-refractivity contribution in [3.8, 4) is 0 Å². The molecular formula is C24H25F3N4. The number of aliphatic imine (C=N–C) groups is 1. The number of allylic oxidation sites excluding steroid dienone is 1. The van der Waals surface area contributed by atoms with Gasteiger partial charge in [0.05, 0.1) is 5.56 Å². The van der Waals surface area contributed by atoms with Crippen LogP contribution in [0.3, 0.4) is 0 Å². The number of amidine groups is 1. The van der Waals surface area contributed by atoms with E-state index < -0.39 is 11.7 Å². The van der Waals surface area contributed by atoms with Crippen molar-refractivity contribution in [3.63, 3.8) is 0 Å². The van der Waals surface area contributed by atoms with Crippen LogP contribution in [0.25, 0.3) is 0 Å². The van der Waals surface area contributed by atoms with E-state index in [4.69, 9.17) is 0 Å². The summed E-state index contributed by atoms with van der Waals surface area (Å²) >= 11 is 0. The van der Waals surface area contributed by atoms with Crippen molar-refractivity contribution in [2.24, 2.45) is 10.9 Å². The van der Waals surface area contributed by atoms with Gasteiger partial charge in [-0.1, -0.05) is 19.1 Å². The second-order valence-corrected chi connectivity index (χ2v) is 8.02. The van der Waals surface area contributed by atoms with Crippen LogP contribution in [0.15, 0.2) is 71.0 Å². The lowest BCUT2D eigenvalue weighted by Crippen LogP contribution is -2.37. The fraction of sp³-hybridized carbons (Fsp3) is 0.333. The number of hydrogen-bond acceptors (Lipinski definition) is 4. The Hall–Kier alpha value is -3.09. The lowest BCUT2D eigenvalue weighted by molar-refractivity contribution is -0.137. The summed E-state index contributed by atoms with van der Waals surface area (Å²) in [6, 6.07) is 9.08. The van der Waals surface area contributed by atoms with Crippen LogP contribution in [0.4, 0.5) is 24.7 Å². The smallest absolute Gasteiger partial charge is 0.352 e. The Balaban J connectivity index is 1.63. The topological polar surface area (TPSA) is 40.5 Å². The molecule has 0 saturated carbocycles. The van der Waals surface area contributed by atoms with Crippen molar-refractivity contribution in [3.05, 3.63) is 77.1 Å². The van der Waals surface area contributed by atoms with Gasteiger partial charge in [0.2, 0.25) is 0 Å². The summed E-state index contributed by atoms with van der Waals surface area (Å²) in [5.41, 5.74) is 3.50. The van der Waals surface area contributed by atoms with Gasteiger partial charge < -0.3 is 10.2 Å². The Morgan fingerprint density at radius 1 is 1.13 bits per heavy atom. The standard InChI is InChI=1S/C24H25F3N4/c1-16-5-3-12-28-22(30-19-9-7-18(8-10-19)24(25,26)27)20-11-14-31(15-21(16)20)23-17(2)6-4-13-29-23/h3-4,6-10,12-13,16H,5,11,14-15H2,1-2H3,(H,28,30). The van der Waals surface area contributed by atoms with E-state index in [-0.39, 0.29) is 0 Å². The first kappa shape index (κ1) is 21.2. The van der Waals surface area contributed by atoms with Crippen molar-refractivity contribution in [1.82, 2.24) is 4.98 Å². The number of aromatic nitrogens is 1. The lowest BCUT2D eigenvalue weighted by Gasteiger charge is -2.35. The molecule has 1 N–H and O–H groups in total. The molecule has 0 bridgehead atoms. The fourth-order valence-corrected chi connectivity index (χ4v) is 4.10. The lowest BCUT2D eigenvalue weighted by atomic mass is 9.87. The molecule has 3 heterocycles. The van der Waals surface area contributed by atoms with Gasteiger partial charge in [-0.2, -0.15) is 13.2 Å². The van der Waals surface area contributed by atoms with Crippen LogP contribution in [-0.2, 0) is 6.18 Å². The third-order valence-electron chi connectivity index (χ3n) is 5.82. The van der Waals surface area contributed by atoms with E-state index in [2.05, 4.69) is 40.1 Å². The van der Waals surface area contributed by atoms with Crippen molar-refractivity contribution in [2.75, 3.05) is 23.3 Å². The van der Waals surface area contributed by atoms with Crippen molar-refractivity contribution in [2.45, 2.75) is 32.9 Å². The van der Waals surface area contributed by atoms with Gasteiger partial charge in [0.15, 0.2) is 0 Å². The highest BCUT2D eigenvalue weighted by molar-refractivity contribution is 6.09. The van der Waals surface area contributed by atoms with Crippen molar-refractivity contribution < 1.29 is 13.2 Å². The van der Waals surface area contributed by atoms with Crippen LogP contribution in [0.1, 0.15) is 30.9 Å². The first-order chi connectivity index (χ1) is 14.8. The third-order valence-corrected chi connectivity index (χ3v) is 5.82. The van der Waals surface area contributed by atoms with Crippen molar-refractivity contribution >= 4 is 17.3 Å². The van der Waals surface area contributed by atoms with Gasteiger partial charge in [0, 0.05) is 31.2 Å². The molecule has 31 heavy (non-hydrogen) atoms. The van der Waals surface area contributed by atoms with Crippen molar-refractivity contribution in [1.29, 1.82) is 0 Å². The Labute approximate surface area is 180 Å². The number of benzene rings is 1. The summed E-state index contributed by atoms with van der Waals surface area (Å²) < 4.78 is 38.6. The number of nitrogens with zero attached hydrogens (tertiary/aromatic N) is 3. The predicted octanol–water partition coefficient (Wildman–Crippen LogP) is 5.98. The zero-order valence-corrected chi connectivity index (χ0v) is 17.6. The van der Waals surface area contributed by atoms with Gasteiger partial charge in [-0.15, -0.1) is 0 Å². The molecule has 1 unspecified atom stereocenters. The molecule has 4 nitrogen and oxygen atoms in total. The third kappa shape index (κ3) is 4.65. The molecule has 0 spiro atoms. The van der Waals surface area contributed by atoms with Crippen LogP contribution in [-0.4, -0.2) is 23.9 Å². The maximum Gasteiger partial charge on any atom is 0.416 e. The summed E-state index contributed by atoms with van der Waals surface area (Å²) in [5.74, 6) is 2.03. The molecule has 0 amide bonds. The van der Waals surface area contributed by atoms with E-state index in [9.17, 15) is 13.2 Å². The quantitative estimate of drug-likeness (QED) is 0.642. The number of pyridine rings is 1. The second-order valence-electron chi connectivity index (χ2n) is 8.02. The van der Waals surface area contributed by atoms with Gasteiger partial charge in [-0.25, -0.2) is 9.98 Å². The first-order valence-electron chi connectivity index (χ1n) is 10.4. The Bertz CT molecular complexity index is 1040. The largest absolute Gasteiger partial charge is 0.416 e. The molecule has 2 aromatic rings. The monoisotopic (exact) mass is 426 g/mol. The summed E-state index contributed by atoms with van der Waals surface area (Å²) in [6.45, 7) is 5.84. The Morgan fingerprint density at radius 3 is 2.61 bits per heavy atom. The maximum atomic E-state index is 12.9. The predicted molar refractivity (Wildman–Crippen MR) is 118 cm³/mol. The molecule has 2 aliphatic heterocycles. The van der Waals surface area contributed by atoms with Crippen LogP contribution < -0.4 is 10.2 Å².